The predicted octanol–water partition coefficient (Wildman–Crippen LogP) is 2.35. The van der Waals surface area contributed by atoms with Crippen molar-refractivity contribution in [2.45, 2.75) is 13.3 Å². The lowest BCUT2D eigenvalue weighted by atomic mass is 10.1. The summed E-state index contributed by atoms with van der Waals surface area (Å²) in [5, 5.41) is 13.6. The van der Waals surface area contributed by atoms with Gasteiger partial charge in [0.15, 0.2) is 5.69 Å². The number of carbonyl (C=O) groups is 2. The number of hydrogen-bond donors (Lipinski definition) is 2. The Morgan fingerprint density at radius 2 is 1.92 bits per heavy atom. The number of nitrogens with one attached hydrogen (secondary N) is 2. The number of amides is 1. The summed E-state index contributed by atoms with van der Waals surface area (Å²) in [6, 6.07) is 9.87. The SMILES string of the molecule is CCOC(=O)c1ccccc1NC(=O)c1ccc(NCCCOC)nn1. The molecule has 0 fully saturated rings. The highest BCUT2D eigenvalue weighted by Crippen LogP contribution is 2.17. The molecule has 2 N–H and O–H groups in total. The summed E-state index contributed by atoms with van der Waals surface area (Å²) in [6.07, 6.45) is 0.838. The van der Waals surface area contributed by atoms with Crippen LogP contribution in [0.1, 0.15) is 34.2 Å². The Morgan fingerprint density at radius 1 is 1.12 bits per heavy atom. The van der Waals surface area contributed by atoms with Crippen molar-refractivity contribution in [3.05, 3.63) is 47.7 Å². The monoisotopic (exact) mass is 358 g/mol. The summed E-state index contributed by atoms with van der Waals surface area (Å²) in [6.45, 7) is 3.33. The molecule has 0 saturated heterocycles. The van der Waals surface area contributed by atoms with Gasteiger partial charge in [0.05, 0.1) is 17.9 Å². The first kappa shape index (κ1) is 19.3. The Bertz CT molecular complexity index is 734. The summed E-state index contributed by atoms with van der Waals surface area (Å²) < 4.78 is 9.96. The van der Waals surface area contributed by atoms with E-state index in [2.05, 4.69) is 20.8 Å². The molecule has 0 atom stereocenters. The lowest BCUT2D eigenvalue weighted by Gasteiger charge is -2.10. The van der Waals surface area contributed by atoms with Gasteiger partial charge in [-0.15, -0.1) is 10.2 Å². The summed E-state index contributed by atoms with van der Waals surface area (Å²) in [5.74, 6) is -0.380. The van der Waals surface area contributed by atoms with Crippen LogP contribution in [0.25, 0.3) is 0 Å². The van der Waals surface area contributed by atoms with E-state index < -0.39 is 11.9 Å². The summed E-state index contributed by atoms with van der Waals surface area (Å²) in [7, 11) is 1.65. The second-order valence-corrected chi connectivity index (χ2v) is 5.30. The lowest BCUT2D eigenvalue weighted by molar-refractivity contribution is 0.0527. The van der Waals surface area contributed by atoms with E-state index in [1.54, 1.807) is 50.4 Å². The third-order valence-corrected chi connectivity index (χ3v) is 3.40. The molecule has 8 nitrogen and oxygen atoms in total. The zero-order valence-electron chi connectivity index (χ0n) is 14.8. The normalized spacial score (nSPS) is 10.2. The molecule has 1 aromatic carbocycles. The van der Waals surface area contributed by atoms with Crippen LogP contribution >= 0.6 is 0 Å². The molecule has 2 aromatic rings. The van der Waals surface area contributed by atoms with Gasteiger partial charge in [-0.3, -0.25) is 4.79 Å². The first-order valence-corrected chi connectivity index (χ1v) is 8.29. The highest BCUT2D eigenvalue weighted by atomic mass is 16.5. The van der Waals surface area contributed by atoms with Crippen molar-refractivity contribution < 1.29 is 19.1 Å². The van der Waals surface area contributed by atoms with E-state index >= 15 is 0 Å². The lowest BCUT2D eigenvalue weighted by Crippen LogP contribution is -2.18. The average molecular weight is 358 g/mol. The summed E-state index contributed by atoms with van der Waals surface area (Å²) in [5.41, 5.74) is 0.790. The molecule has 0 spiro atoms. The summed E-state index contributed by atoms with van der Waals surface area (Å²) >= 11 is 0. The molecule has 0 unspecified atom stereocenters. The first-order valence-electron chi connectivity index (χ1n) is 8.29. The van der Waals surface area contributed by atoms with Crippen LogP contribution in [-0.4, -0.2) is 48.9 Å². The quantitative estimate of drug-likeness (QED) is 0.524. The Morgan fingerprint density at radius 3 is 2.62 bits per heavy atom. The topological polar surface area (TPSA) is 102 Å². The maximum Gasteiger partial charge on any atom is 0.340 e. The molecular weight excluding hydrogens is 336 g/mol. The van der Waals surface area contributed by atoms with E-state index in [-0.39, 0.29) is 17.9 Å². The van der Waals surface area contributed by atoms with E-state index in [9.17, 15) is 9.59 Å². The largest absolute Gasteiger partial charge is 0.462 e. The maximum atomic E-state index is 12.4. The van der Waals surface area contributed by atoms with Gasteiger partial charge in [-0.1, -0.05) is 12.1 Å². The van der Waals surface area contributed by atoms with Crippen LogP contribution in [0.3, 0.4) is 0 Å². The molecule has 1 amide bonds. The number of esters is 1. The highest BCUT2D eigenvalue weighted by molar-refractivity contribution is 6.07. The molecule has 1 aromatic heterocycles. The van der Waals surface area contributed by atoms with Crippen molar-refractivity contribution >= 4 is 23.4 Å². The molecule has 1 heterocycles. The van der Waals surface area contributed by atoms with E-state index in [0.717, 1.165) is 6.42 Å². The summed E-state index contributed by atoms with van der Waals surface area (Å²) in [4.78, 5) is 24.3. The van der Waals surface area contributed by atoms with Crippen LogP contribution in [0.15, 0.2) is 36.4 Å². The van der Waals surface area contributed by atoms with Gasteiger partial charge in [-0.25, -0.2) is 4.79 Å². The second-order valence-electron chi connectivity index (χ2n) is 5.30. The number of carbonyl (C=O) groups excluding carboxylic acids is 2. The van der Waals surface area contributed by atoms with Crippen molar-refractivity contribution in [1.82, 2.24) is 10.2 Å². The van der Waals surface area contributed by atoms with E-state index in [4.69, 9.17) is 9.47 Å². The number of nitrogens with zero attached hydrogens (tertiary/aromatic N) is 2. The van der Waals surface area contributed by atoms with Crippen molar-refractivity contribution in [2.24, 2.45) is 0 Å². The van der Waals surface area contributed by atoms with Crippen molar-refractivity contribution in [1.29, 1.82) is 0 Å². The smallest absolute Gasteiger partial charge is 0.340 e. The second kappa shape index (κ2) is 10.1. The fraction of sp³-hybridized carbons (Fsp3) is 0.333. The van der Waals surface area contributed by atoms with Gasteiger partial charge in [0, 0.05) is 20.3 Å². The Balaban J connectivity index is 2.01. The minimum absolute atomic E-state index is 0.145. The number of methoxy groups -OCH3 is 1. The minimum Gasteiger partial charge on any atom is -0.462 e. The molecule has 8 heteroatoms. The number of para-hydroxylation sites is 1. The molecule has 0 saturated carbocycles. The Kier molecular flexibility index (Phi) is 7.50. The number of aromatic nitrogens is 2. The Hall–Kier alpha value is -3.00. The fourth-order valence-electron chi connectivity index (χ4n) is 2.15. The fourth-order valence-corrected chi connectivity index (χ4v) is 2.15. The maximum absolute atomic E-state index is 12.4. The third kappa shape index (κ3) is 5.52. The van der Waals surface area contributed by atoms with Crippen molar-refractivity contribution in [2.75, 3.05) is 37.5 Å². The van der Waals surface area contributed by atoms with Crippen LogP contribution in [-0.2, 0) is 9.47 Å². The molecule has 26 heavy (non-hydrogen) atoms. The zero-order chi connectivity index (χ0) is 18.8. The van der Waals surface area contributed by atoms with Crippen LogP contribution in [0, 0.1) is 0 Å². The third-order valence-electron chi connectivity index (χ3n) is 3.40. The first-order chi connectivity index (χ1) is 12.7. The number of rotatable bonds is 9. The molecular formula is C18H22N4O4. The van der Waals surface area contributed by atoms with Crippen molar-refractivity contribution in [3.63, 3.8) is 0 Å². The predicted molar refractivity (Wildman–Crippen MR) is 97.4 cm³/mol. The molecule has 0 aliphatic rings. The number of benzene rings is 1. The van der Waals surface area contributed by atoms with Crippen LogP contribution in [0.2, 0.25) is 0 Å². The molecule has 0 aliphatic carbocycles. The van der Waals surface area contributed by atoms with Gasteiger partial charge in [-0.05, 0) is 37.6 Å². The van der Waals surface area contributed by atoms with Crippen LogP contribution in [0.4, 0.5) is 11.5 Å². The van der Waals surface area contributed by atoms with Gasteiger partial charge >= 0.3 is 5.97 Å². The average Bonchev–Trinajstić information content (AvgIpc) is 2.66. The van der Waals surface area contributed by atoms with Crippen LogP contribution < -0.4 is 10.6 Å². The van der Waals surface area contributed by atoms with Crippen molar-refractivity contribution in [3.8, 4) is 0 Å². The van der Waals surface area contributed by atoms with Gasteiger partial charge in [0.25, 0.3) is 5.91 Å². The zero-order valence-corrected chi connectivity index (χ0v) is 14.8. The minimum atomic E-state index is -0.495. The molecule has 0 radical (unpaired) electrons. The number of anilines is 2. The Labute approximate surface area is 151 Å². The number of hydrogen-bond acceptors (Lipinski definition) is 7. The van der Waals surface area contributed by atoms with E-state index in [0.29, 0.717) is 24.7 Å². The standard InChI is InChI=1S/C18H22N4O4/c1-3-26-18(24)13-7-4-5-8-14(13)20-17(23)15-9-10-16(22-21-15)19-11-6-12-25-2/h4-5,7-10H,3,6,11-12H2,1-2H3,(H,19,22)(H,20,23). The molecule has 2 rings (SSSR count). The molecule has 0 aliphatic heterocycles. The van der Waals surface area contributed by atoms with Gasteiger partial charge in [0.2, 0.25) is 0 Å². The molecule has 138 valence electrons. The van der Waals surface area contributed by atoms with Gasteiger partial charge < -0.3 is 20.1 Å². The van der Waals surface area contributed by atoms with Gasteiger partial charge in [0.1, 0.15) is 5.82 Å². The molecule has 0 bridgehead atoms. The highest BCUT2D eigenvalue weighted by Gasteiger charge is 2.15. The van der Waals surface area contributed by atoms with E-state index in [1.165, 1.54) is 0 Å². The van der Waals surface area contributed by atoms with Gasteiger partial charge in [-0.2, -0.15) is 0 Å². The van der Waals surface area contributed by atoms with E-state index in [1.807, 2.05) is 0 Å². The van der Waals surface area contributed by atoms with Crippen LogP contribution in [0.5, 0.6) is 0 Å². The number of ether oxygens (including phenoxy) is 2.